The first-order valence-electron chi connectivity index (χ1n) is 6.03. The van der Waals surface area contributed by atoms with Gasteiger partial charge >= 0.3 is 5.97 Å². The molecule has 1 aromatic carbocycles. The van der Waals surface area contributed by atoms with E-state index in [1.54, 1.807) is 0 Å². The number of amides is 1. The zero-order valence-corrected chi connectivity index (χ0v) is 11.1. The fraction of sp³-hybridized carbons (Fsp3) is 0.333. The van der Waals surface area contributed by atoms with Gasteiger partial charge in [0.2, 0.25) is 5.91 Å². The van der Waals surface area contributed by atoms with E-state index >= 15 is 0 Å². The number of nitro groups is 1. The first-order chi connectivity index (χ1) is 9.90. The van der Waals surface area contributed by atoms with Crippen molar-refractivity contribution in [2.45, 2.75) is 12.8 Å². The summed E-state index contributed by atoms with van der Waals surface area (Å²) in [5.74, 6) is -1.38. The lowest BCUT2D eigenvalue weighted by molar-refractivity contribution is -0.383. The number of nitro benzene ring substituents is 1. The van der Waals surface area contributed by atoms with Crippen LogP contribution in [0.1, 0.15) is 12.8 Å². The van der Waals surface area contributed by atoms with Crippen LogP contribution in [0, 0.1) is 10.1 Å². The van der Waals surface area contributed by atoms with Crippen molar-refractivity contribution in [2.24, 2.45) is 0 Å². The van der Waals surface area contributed by atoms with Crippen LogP contribution in [-0.4, -0.2) is 35.1 Å². The Morgan fingerprint density at radius 3 is 2.62 bits per heavy atom. The Bertz CT molecular complexity index is 546. The van der Waals surface area contributed by atoms with E-state index < -0.39 is 16.8 Å². The predicted molar refractivity (Wildman–Crippen MR) is 73.8 cm³/mol. The van der Waals surface area contributed by atoms with Gasteiger partial charge in [-0.15, -0.1) is 0 Å². The number of carbonyl (C=O) groups excluding carboxylic acids is 1. The molecule has 114 valence electrons. The lowest BCUT2D eigenvalue weighted by Gasteiger charge is -2.06. The number of anilines is 2. The Balaban J connectivity index is 2.43. The number of nitrogens with zero attached hydrogens (tertiary/aromatic N) is 1. The number of nitrogen functional groups attached to an aromatic ring is 1. The highest BCUT2D eigenvalue weighted by Crippen LogP contribution is 2.24. The normalized spacial score (nSPS) is 10.1. The van der Waals surface area contributed by atoms with Crippen molar-refractivity contribution >= 4 is 28.9 Å². The molecule has 9 nitrogen and oxygen atoms in total. The van der Waals surface area contributed by atoms with Crippen molar-refractivity contribution in [2.75, 3.05) is 24.3 Å². The standard InChI is InChI=1S/C12H15N3O6/c13-9-2-1-8(7-10(9)15(19)20)14-11(16)3-5-21-6-4-12(17)18/h1-2,7H,3-6,13H2,(H,14,16)(H,17,18). The third-order valence-corrected chi connectivity index (χ3v) is 2.44. The van der Waals surface area contributed by atoms with Crippen molar-refractivity contribution in [3.8, 4) is 0 Å². The molecule has 0 heterocycles. The molecular formula is C12H15N3O6. The van der Waals surface area contributed by atoms with Gasteiger partial charge in [-0.1, -0.05) is 0 Å². The molecule has 0 saturated heterocycles. The summed E-state index contributed by atoms with van der Waals surface area (Å²) in [4.78, 5) is 31.9. The van der Waals surface area contributed by atoms with Gasteiger partial charge in [0.1, 0.15) is 5.69 Å². The van der Waals surface area contributed by atoms with Crippen molar-refractivity contribution in [3.63, 3.8) is 0 Å². The molecule has 0 fully saturated rings. The second-order valence-corrected chi connectivity index (χ2v) is 4.08. The molecule has 0 radical (unpaired) electrons. The molecule has 0 saturated carbocycles. The van der Waals surface area contributed by atoms with Gasteiger partial charge in [0.15, 0.2) is 0 Å². The summed E-state index contributed by atoms with van der Waals surface area (Å²) in [6.07, 6.45) is -0.121. The maximum Gasteiger partial charge on any atom is 0.305 e. The Kier molecular flexibility index (Phi) is 6.08. The third kappa shape index (κ3) is 5.87. The average molecular weight is 297 g/mol. The van der Waals surface area contributed by atoms with Crippen LogP contribution in [0.25, 0.3) is 0 Å². The molecule has 1 rings (SSSR count). The van der Waals surface area contributed by atoms with Gasteiger partial charge in [0.25, 0.3) is 5.69 Å². The van der Waals surface area contributed by atoms with E-state index in [-0.39, 0.29) is 43.1 Å². The van der Waals surface area contributed by atoms with E-state index in [4.69, 9.17) is 15.6 Å². The van der Waals surface area contributed by atoms with Crippen LogP contribution in [0.5, 0.6) is 0 Å². The Hall–Kier alpha value is -2.68. The lowest BCUT2D eigenvalue weighted by atomic mass is 10.2. The summed E-state index contributed by atoms with van der Waals surface area (Å²) in [6.45, 7) is 0.0894. The molecule has 0 aromatic heterocycles. The second-order valence-electron chi connectivity index (χ2n) is 4.08. The minimum absolute atomic E-state index is 0.00926. The van der Waals surface area contributed by atoms with Gasteiger partial charge in [-0.2, -0.15) is 0 Å². The monoisotopic (exact) mass is 297 g/mol. The Labute approximate surface area is 119 Å². The van der Waals surface area contributed by atoms with Crippen molar-refractivity contribution in [1.29, 1.82) is 0 Å². The highest BCUT2D eigenvalue weighted by Gasteiger charge is 2.13. The molecule has 0 bridgehead atoms. The summed E-state index contributed by atoms with van der Waals surface area (Å²) < 4.78 is 4.96. The number of aliphatic carboxylic acids is 1. The number of carboxylic acids is 1. The predicted octanol–water partition coefficient (Wildman–Crippen LogP) is 0.997. The van der Waals surface area contributed by atoms with Crippen LogP contribution in [0.2, 0.25) is 0 Å². The number of carboxylic acid groups (broad SMARTS) is 1. The smallest absolute Gasteiger partial charge is 0.305 e. The fourth-order valence-corrected chi connectivity index (χ4v) is 1.43. The highest BCUT2D eigenvalue weighted by molar-refractivity contribution is 5.91. The van der Waals surface area contributed by atoms with Crippen LogP contribution < -0.4 is 11.1 Å². The van der Waals surface area contributed by atoms with E-state index in [0.717, 1.165) is 0 Å². The fourth-order valence-electron chi connectivity index (χ4n) is 1.43. The van der Waals surface area contributed by atoms with E-state index in [2.05, 4.69) is 5.32 Å². The largest absolute Gasteiger partial charge is 0.481 e. The number of nitrogens with two attached hydrogens (primary N) is 1. The van der Waals surface area contributed by atoms with Crippen molar-refractivity contribution < 1.29 is 24.4 Å². The Morgan fingerprint density at radius 1 is 1.33 bits per heavy atom. The maximum atomic E-state index is 11.6. The van der Waals surface area contributed by atoms with Gasteiger partial charge in [0, 0.05) is 11.8 Å². The number of ether oxygens (including phenoxy) is 1. The number of hydrogen-bond acceptors (Lipinski definition) is 6. The summed E-state index contributed by atoms with van der Waals surface area (Å²) in [6, 6.07) is 3.95. The van der Waals surface area contributed by atoms with Crippen LogP contribution in [-0.2, 0) is 14.3 Å². The SMILES string of the molecule is Nc1ccc(NC(=O)CCOCCC(=O)O)cc1[N+](=O)[O-]. The van der Waals surface area contributed by atoms with Crippen LogP contribution in [0.4, 0.5) is 17.1 Å². The average Bonchev–Trinajstić information content (AvgIpc) is 2.40. The number of nitrogens with one attached hydrogen (secondary N) is 1. The maximum absolute atomic E-state index is 11.6. The van der Waals surface area contributed by atoms with Gasteiger partial charge in [-0.25, -0.2) is 0 Å². The summed E-state index contributed by atoms with van der Waals surface area (Å²) in [5.41, 5.74) is 5.42. The first kappa shape index (κ1) is 16.4. The number of hydrogen-bond donors (Lipinski definition) is 3. The number of benzene rings is 1. The zero-order chi connectivity index (χ0) is 15.8. The van der Waals surface area contributed by atoms with Crippen LogP contribution in [0.3, 0.4) is 0 Å². The topological polar surface area (TPSA) is 145 Å². The molecule has 9 heteroatoms. The van der Waals surface area contributed by atoms with Crippen LogP contribution >= 0.6 is 0 Å². The minimum atomic E-state index is -0.978. The van der Waals surface area contributed by atoms with E-state index in [1.165, 1.54) is 18.2 Å². The summed E-state index contributed by atoms with van der Waals surface area (Å²) in [5, 5.41) is 21.6. The molecule has 0 aliphatic heterocycles. The van der Waals surface area contributed by atoms with Crippen LogP contribution in [0.15, 0.2) is 18.2 Å². The molecule has 4 N–H and O–H groups in total. The number of rotatable bonds is 8. The van der Waals surface area contributed by atoms with Gasteiger partial charge in [-0.3, -0.25) is 19.7 Å². The molecule has 1 aromatic rings. The molecule has 0 spiro atoms. The molecule has 0 aliphatic rings. The summed E-state index contributed by atoms with van der Waals surface area (Å²) >= 11 is 0. The number of carbonyl (C=O) groups is 2. The molecule has 0 unspecified atom stereocenters. The summed E-state index contributed by atoms with van der Waals surface area (Å²) in [7, 11) is 0. The molecule has 0 aliphatic carbocycles. The Morgan fingerprint density at radius 2 is 2.00 bits per heavy atom. The van der Waals surface area contributed by atoms with Gasteiger partial charge in [0.05, 0.1) is 31.0 Å². The molecule has 0 atom stereocenters. The van der Waals surface area contributed by atoms with Gasteiger partial charge < -0.3 is 20.9 Å². The molecule has 21 heavy (non-hydrogen) atoms. The highest BCUT2D eigenvalue weighted by atomic mass is 16.6. The quantitative estimate of drug-likeness (QED) is 0.281. The lowest BCUT2D eigenvalue weighted by Crippen LogP contribution is -2.15. The molecule has 1 amide bonds. The van der Waals surface area contributed by atoms with Gasteiger partial charge in [-0.05, 0) is 12.1 Å². The third-order valence-electron chi connectivity index (χ3n) is 2.44. The van der Waals surface area contributed by atoms with E-state index in [1.807, 2.05) is 0 Å². The van der Waals surface area contributed by atoms with Crippen molar-refractivity contribution in [1.82, 2.24) is 0 Å². The zero-order valence-electron chi connectivity index (χ0n) is 11.1. The van der Waals surface area contributed by atoms with Crippen molar-refractivity contribution in [3.05, 3.63) is 28.3 Å². The second kappa shape index (κ2) is 7.80. The minimum Gasteiger partial charge on any atom is -0.481 e. The van der Waals surface area contributed by atoms with E-state index in [9.17, 15) is 19.7 Å². The van der Waals surface area contributed by atoms with E-state index in [0.29, 0.717) is 0 Å². The molecular weight excluding hydrogens is 282 g/mol. The first-order valence-corrected chi connectivity index (χ1v) is 6.03.